The summed E-state index contributed by atoms with van der Waals surface area (Å²) in [5.41, 5.74) is 0. The first-order valence-corrected chi connectivity index (χ1v) is 6.85. The van der Waals surface area contributed by atoms with Gasteiger partial charge in [0.2, 0.25) is 0 Å². The lowest BCUT2D eigenvalue weighted by Gasteiger charge is -2.21. The molecule has 0 aromatic heterocycles. The molecule has 0 aliphatic heterocycles. The molecule has 8 nitrogen and oxygen atoms in total. The van der Waals surface area contributed by atoms with Gasteiger partial charge in [0.05, 0.1) is 66.1 Å². The van der Waals surface area contributed by atoms with Crippen LogP contribution in [-0.4, -0.2) is 89.4 Å². The van der Waals surface area contributed by atoms with Crippen molar-refractivity contribution in [2.75, 3.05) is 79.2 Å². The maximum Gasteiger partial charge on any atom is 0.101 e. The van der Waals surface area contributed by atoms with Crippen LogP contribution in [0.2, 0.25) is 0 Å². The van der Waals surface area contributed by atoms with Gasteiger partial charge in [0, 0.05) is 0 Å². The number of rotatable bonds is 16. The maximum atomic E-state index is 11.4. The van der Waals surface area contributed by atoms with Crippen LogP contribution >= 0.6 is 0 Å². The van der Waals surface area contributed by atoms with E-state index < -0.39 is 0 Å². The molecule has 0 bridgehead atoms. The largest absolute Gasteiger partial charge is 0.634 e. The minimum absolute atomic E-state index is 0.00350. The highest BCUT2D eigenvalue weighted by Crippen LogP contribution is 1.78. The quantitative estimate of drug-likeness (QED) is 0.212. The fraction of sp³-hybridized carbons (Fsp3) is 1.00. The third-order valence-corrected chi connectivity index (χ3v) is 2.27. The number of quaternary nitrogens is 1. The SMILES string of the molecule is [O-][NH+](CCOCCOCCO)CCOCCOCCO. The van der Waals surface area contributed by atoms with Crippen molar-refractivity contribution < 1.29 is 34.2 Å². The molecule has 0 amide bonds. The Labute approximate surface area is 119 Å². The maximum absolute atomic E-state index is 11.4. The predicted octanol–water partition coefficient (Wildman–Crippen LogP) is -2.58. The molecule has 0 radical (unpaired) electrons. The van der Waals surface area contributed by atoms with Crippen LogP contribution in [0.4, 0.5) is 0 Å². The Balaban J connectivity index is 3.11. The van der Waals surface area contributed by atoms with Gasteiger partial charge in [-0.1, -0.05) is 0 Å². The van der Waals surface area contributed by atoms with E-state index in [0.717, 1.165) is 0 Å². The average molecular weight is 297 g/mol. The van der Waals surface area contributed by atoms with Crippen molar-refractivity contribution in [2.45, 2.75) is 0 Å². The van der Waals surface area contributed by atoms with E-state index in [0.29, 0.717) is 65.9 Å². The van der Waals surface area contributed by atoms with Gasteiger partial charge in [-0.3, -0.25) is 0 Å². The molecule has 0 aromatic carbocycles. The summed E-state index contributed by atoms with van der Waals surface area (Å²) in [5.74, 6) is 0. The van der Waals surface area contributed by atoms with Crippen molar-refractivity contribution in [3.8, 4) is 0 Å². The number of nitrogens with one attached hydrogen (secondary N) is 1. The molecule has 0 rings (SSSR count). The Morgan fingerprint density at radius 2 is 0.950 bits per heavy atom. The van der Waals surface area contributed by atoms with Crippen LogP contribution in [0, 0.1) is 5.21 Å². The summed E-state index contributed by atoms with van der Waals surface area (Å²) in [6.45, 7) is 3.79. The Morgan fingerprint density at radius 3 is 1.30 bits per heavy atom. The number of hydrogen-bond donors (Lipinski definition) is 3. The average Bonchev–Trinajstić information content (AvgIpc) is 2.45. The lowest BCUT2D eigenvalue weighted by atomic mass is 10.6. The number of hydrogen-bond acceptors (Lipinski definition) is 7. The molecule has 0 saturated heterocycles. The van der Waals surface area contributed by atoms with Crippen LogP contribution in [-0.2, 0) is 18.9 Å². The van der Waals surface area contributed by atoms with Crippen LogP contribution in [0.5, 0.6) is 0 Å². The van der Waals surface area contributed by atoms with E-state index in [1.54, 1.807) is 0 Å². The van der Waals surface area contributed by atoms with Crippen molar-refractivity contribution >= 4 is 0 Å². The standard InChI is InChI=1S/C12H27NO7/c14-3-7-19-11-9-17-5-1-13(16)2-6-18-10-12-20-8-4-15/h13-15H,1-12H2. The topological polar surface area (TPSA) is 105 Å². The molecule has 3 N–H and O–H groups in total. The molecule has 0 saturated carbocycles. The first-order chi connectivity index (χ1) is 9.81. The summed E-state index contributed by atoms with van der Waals surface area (Å²) in [6, 6.07) is 0. The van der Waals surface area contributed by atoms with Gasteiger partial charge in [-0.15, -0.1) is 0 Å². The Kier molecular flexibility index (Phi) is 16.5. The van der Waals surface area contributed by atoms with Crippen molar-refractivity contribution in [3.63, 3.8) is 0 Å². The van der Waals surface area contributed by atoms with E-state index in [1.165, 1.54) is 0 Å². The van der Waals surface area contributed by atoms with Gasteiger partial charge in [0.1, 0.15) is 13.1 Å². The van der Waals surface area contributed by atoms with E-state index in [9.17, 15) is 5.21 Å². The van der Waals surface area contributed by atoms with Crippen molar-refractivity contribution in [2.24, 2.45) is 0 Å². The highest BCUT2D eigenvalue weighted by atomic mass is 16.5. The molecule has 0 heterocycles. The number of aliphatic hydroxyl groups is 2. The van der Waals surface area contributed by atoms with Crippen LogP contribution in [0.1, 0.15) is 0 Å². The van der Waals surface area contributed by atoms with Gasteiger partial charge in [-0.05, 0) is 0 Å². The Morgan fingerprint density at radius 1 is 0.600 bits per heavy atom. The fourth-order valence-corrected chi connectivity index (χ4v) is 1.27. The van der Waals surface area contributed by atoms with E-state index in [1.807, 2.05) is 0 Å². The highest BCUT2D eigenvalue weighted by molar-refractivity contribution is 4.35. The van der Waals surface area contributed by atoms with Gasteiger partial charge in [0.15, 0.2) is 0 Å². The fourth-order valence-electron chi connectivity index (χ4n) is 1.27. The molecule has 0 aliphatic rings. The molecular weight excluding hydrogens is 270 g/mol. The minimum atomic E-state index is 0.00350. The van der Waals surface area contributed by atoms with Crippen LogP contribution in [0.15, 0.2) is 0 Å². The Bertz CT molecular complexity index is 167. The van der Waals surface area contributed by atoms with Crippen LogP contribution in [0.3, 0.4) is 0 Å². The second-order valence-electron chi connectivity index (χ2n) is 3.94. The van der Waals surface area contributed by atoms with Crippen molar-refractivity contribution in [3.05, 3.63) is 5.21 Å². The second kappa shape index (κ2) is 16.7. The molecule has 8 heteroatoms. The first-order valence-electron chi connectivity index (χ1n) is 6.85. The highest BCUT2D eigenvalue weighted by Gasteiger charge is 1.98. The summed E-state index contributed by atoms with van der Waals surface area (Å²) in [7, 11) is 0. The van der Waals surface area contributed by atoms with Gasteiger partial charge in [-0.25, -0.2) is 0 Å². The van der Waals surface area contributed by atoms with Crippen LogP contribution < -0.4 is 5.06 Å². The van der Waals surface area contributed by atoms with Crippen molar-refractivity contribution in [1.29, 1.82) is 0 Å². The normalized spacial score (nSPS) is 11.4. The summed E-state index contributed by atoms with van der Waals surface area (Å²) >= 11 is 0. The third-order valence-electron chi connectivity index (χ3n) is 2.27. The second-order valence-corrected chi connectivity index (χ2v) is 3.94. The smallest absolute Gasteiger partial charge is 0.101 e. The predicted molar refractivity (Wildman–Crippen MR) is 71.5 cm³/mol. The summed E-state index contributed by atoms with van der Waals surface area (Å²) in [4.78, 5) is 0. The van der Waals surface area contributed by atoms with Crippen molar-refractivity contribution in [1.82, 2.24) is 0 Å². The third kappa shape index (κ3) is 15.7. The summed E-state index contributed by atoms with van der Waals surface area (Å²) in [5, 5.41) is 28.4. The van der Waals surface area contributed by atoms with Gasteiger partial charge >= 0.3 is 0 Å². The molecule has 0 atom stereocenters. The Hall–Kier alpha value is -0.320. The molecule has 0 spiro atoms. The van der Waals surface area contributed by atoms with Gasteiger partial charge in [-0.2, -0.15) is 0 Å². The lowest BCUT2D eigenvalue weighted by molar-refractivity contribution is -0.849. The van der Waals surface area contributed by atoms with Gasteiger partial charge < -0.3 is 39.4 Å². The van der Waals surface area contributed by atoms with E-state index in [4.69, 9.17) is 29.2 Å². The molecule has 0 aromatic rings. The lowest BCUT2D eigenvalue weighted by Crippen LogP contribution is -3.08. The molecular formula is C12H27NO7. The number of ether oxygens (including phenoxy) is 4. The molecule has 0 unspecified atom stereocenters. The first kappa shape index (κ1) is 19.7. The summed E-state index contributed by atoms with van der Waals surface area (Å²) in [6.07, 6.45) is 0. The zero-order valence-electron chi connectivity index (χ0n) is 11.9. The molecule has 0 aliphatic carbocycles. The molecule has 122 valence electrons. The number of aliphatic hydroxyl groups excluding tert-OH is 2. The van der Waals surface area contributed by atoms with E-state index in [-0.39, 0.29) is 18.3 Å². The monoisotopic (exact) mass is 297 g/mol. The molecule has 20 heavy (non-hydrogen) atoms. The number of hydroxylamine groups is 2. The zero-order valence-corrected chi connectivity index (χ0v) is 11.9. The van der Waals surface area contributed by atoms with Crippen LogP contribution in [0.25, 0.3) is 0 Å². The van der Waals surface area contributed by atoms with E-state index in [2.05, 4.69) is 0 Å². The minimum Gasteiger partial charge on any atom is -0.634 e. The molecule has 0 fully saturated rings. The summed E-state index contributed by atoms with van der Waals surface area (Å²) < 4.78 is 20.4. The zero-order chi connectivity index (χ0) is 14.9. The van der Waals surface area contributed by atoms with Gasteiger partial charge in [0.25, 0.3) is 0 Å². The van der Waals surface area contributed by atoms with E-state index >= 15 is 0 Å².